The third kappa shape index (κ3) is 3.33. The molecule has 0 saturated heterocycles. The molecule has 0 radical (unpaired) electrons. The van der Waals surface area contributed by atoms with E-state index in [9.17, 15) is 0 Å². The second-order valence-electron chi connectivity index (χ2n) is 3.08. The fourth-order valence-electron chi connectivity index (χ4n) is 1.43. The fraction of sp³-hybridized carbons (Fsp3) is 0.538. The summed E-state index contributed by atoms with van der Waals surface area (Å²) < 4.78 is 2.02. The van der Waals surface area contributed by atoms with Crippen molar-refractivity contribution in [1.82, 2.24) is 14.4 Å². The van der Waals surface area contributed by atoms with Crippen molar-refractivity contribution in [3.05, 3.63) is 29.5 Å². The average Bonchev–Trinajstić information content (AvgIpc) is 2.65. The van der Waals surface area contributed by atoms with E-state index in [1.54, 1.807) is 0 Å². The van der Waals surface area contributed by atoms with Gasteiger partial charge in [-0.15, -0.1) is 0 Å². The summed E-state index contributed by atoms with van der Waals surface area (Å²) in [4.78, 5) is 8.69. The first-order valence-corrected chi connectivity index (χ1v) is 5.96. The zero-order valence-electron chi connectivity index (χ0n) is 11.5. The summed E-state index contributed by atoms with van der Waals surface area (Å²) in [7, 11) is 0. The summed E-state index contributed by atoms with van der Waals surface area (Å²) in [6.45, 7) is 14.0. The number of nitrogens with zero attached hydrogens (tertiary/aromatic N) is 3. The maximum Gasteiger partial charge on any atom is 0.158 e. The van der Waals surface area contributed by atoms with Gasteiger partial charge in [-0.1, -0.05) is 27.7 Å². The maximum atomic E-state index is 4.35. The third-order valence-corrected chi connectivity index (χ3v) is 1.85. The van der Waals surface area contributed by atoms with Gasteiger partial charge in [-0.25, -0.2) is 4.98 Å². The van der Waals surface area contributed by atoms with Crippen molar-refractivity contribution >= 4 is 5.65 Å². The number of hydrogen-bond acceptors (Lipinski definition) is 2. The number of hydrogen-bond donors (Lipinski definition) is 0. The molecule has 0 bridgehead atoms. The van der Waals surface area contributed by atoms with Gasteiger partial charge in [0.25, 0.3) is 0 Å². The largest absolute Gasteiger partial charge is 0.304 e. The minimum absolute atomic E-state index is 0.957. The van der Waals surface area contributed by atoms with E-state index in [0.717, 1.165) is 22.7 Å². The molecule has 2 rings (SSSR count). The Labute approximate surface area is 98.6 Å². The summed E-state index contributed by atoms with van der Waals surface area (Å²) in [5.74, 6) is 0. The normalized spacial score (nSPS) is 8.94. The van der Waals surface area contributed by atoms with E-state index < -0.39 is 0 Å². The Kier molecular flexibility index (Phi) is 6.38. The van der Waals surface area contributed by atoms with Gasteiger partial charge in [-0.05, 0) is 20.8 Å². The molecule has 2 aromatic rings. The Bertz CT molecular complexity index is 430. The number of rotatable bonds is 0. The van der Waals surface area contributed by atoms with Gasteiger partial charge in [-0.3, -0.25) is 4.98 Å². The van der Waals surface area contributed by atoms with Gasteiger partial charge in [0.2, 0.25) is 0 Å². The van der Waals surface area contributed by atoms with Crippen molar-refractivity contribution < 1.29 is 0 Å². The van der Waals surface area contributed by atoms with Gasteiger partial charge in [-0.2, -0.15) is 0 Å². The fourth-order valence-corrected chi connectivity index (χ4v) is 1.43. The molecule has 16 heavy (non-hydrogen) atoms. The van der Waals surface area contributed by atoms with Crippen LogP contribution in [0.1, 0.15) is 44.8 Å². The van der Waals surface area contributed by atoms with Gasteiger partial charge in [0.15, 0.2) is 5.65 Å². The highest BCUT2D eigenvalue weighted by atomic mass is 15.0. The van der Waals surface area contributed by atoms with Crippen LogP contribution in [0.2, 0.25) is 0 Å². The molecule has 0 aliphatic heterocycles. The standard InChI is InChI=1S/C9H11N3.2C2H6/c1-6-4-12-5-7(2)11-9(12)8(3)10-6;2*1-2/h4-5H,1-3H3;2*1-2H3. The first-order chi connectivity index (χ1) is 7.66. The van der Waals surface area contributed by atoms with Crippen LogP contribution in [0.4, 0.5) is 0 Å². The summed E-state index contributed by atoms with van der Waals surface area (Å²) in [5.41, 5.74) is 4.00. The van der Waals surface area contributed by atoms with Gasteiger partial charge < -0.3 is 4.40 Å². The van der Waals surface area contributed by atoms with Crippen LogP contribution in [0.3, 0.4) is 0 Å². The molecule has 0 unspecified atom stereocenters. The number of imidazole rings is 1. The molecule has 0 amide bonds. The molecule has 0 N–H and O–H groups in total. The zero-order chi connectivity index (χ0) is 12.7. The molecular formula is C13H23N3. The second kappa shape index (κ2) is 6.99. The number of aromatic nitrogens is 3. The molecular weight excluding hydrogens is 198 g/mol. The van der Waals surface area contributed by atoms with E-state index in [1.165, 1.54) is 0 Å². The lowest BCUT2D eigenvalue weighted by atomic mass is 10.4. The van der Waals surface area contributed by atoms with Crippen LogP contribution >= 0.6 is 0 Å². The topological polar surface area (TPSA) is 30.2 Å². The number of aryl methyl sites for hydroxylation is 3. The molecule has 90 valence electrons. The van der Waals surface area contributed by atoms with E-state index in [-0.39, 0.29) is 0 Å². The molecule has 0 saturated carbocycles. The Hall–Kier alpha value is -1.38. The van der Waals surface area contributed by atoms with E-state index >= 15 is 0 Å². The summed E-state index contributed by atoms with van der Waals surface area (Å²) >= 11 is 0. The average molecular weight is 221 g/mol. The van der Waals surface area contributed by atoms with Gasteiger partial charge in [0.1, 0.15) is 0 Å². The summed E-state index contributed by atoms with van der Waals surface area (Å²) in [5, 5.41) is 0. The van der Waals surface area contributed by atoms with Crippen molar-refractivity contribution in [2.75, 3.05) is 0 Å². The van der Waals surface area contributed by atoms with Gasteiger partial charge in [0, 0.05) is 12.4 Å². The Balaban J connectivity index is 0.000000509. The summed E-state index contributed by atoms with van der Waals surface area (Å²) in [6.07, 6.45) is 4.00. The van der Waals surface area contributed by atoms with Crippen LogP contribution in [0.15, 0.2) is 12.4 Å². The predicted molar refractivity (Wildman–Crippen MR) is 69.9 cm³/mol. The first kappa shape index (κ1) is 14.6. The monoisotopic (exact) mass is 221 g/mol. The molecule has 0 fully saturated rings. The van der Waals surface area contributed by atoms with Crippen molar-refractivity contribution in [3.63, 3.8) is 0 Å². The number of fused-ring (bicyclic) bond motifs is 1. The highest BCUT2D eigenvalue weighted by molar-refractivity contribution is 5.44. The summed E-state index contributed by atoms with van der Waals surface area (Å²) in [6, 6.07) is 0. The van der Waals surface area contributed by atoms with Crippen molar-refractivity contribution in [1.29, 1.82) is 0 Å². The Morgan fingerprint density at radius 1 is 0.812 bits per heavy atom. The van der Waals surface area contributed by atoms with Crippen LogP contribution in [-0.2, 0) is 0 Å². The molecule has 2 heterocycles. The Morgan fingerprint density at radius 2 is 1.25 bits per heavy atom. The molecule has 3 nitrogen and oxygen atoms in total. The minimum atomic E-state index is 0.957. The van der Waals surface area contributed by atoms with E-state index in [2.05, 4.69) is 9.97 Å². The van der Waals surface area contributed by atoms with Crippen LogP contribution in [-0.4, -0.2) is 14.4 Å². The highest BCUT2D eigenvalue weighted by Crippen LogP contribution is 2.08. The minimum Gasteiger partial charge on any atom is -0.304 e. The van der Waals surface area contributed by atoms with Crippen LogP contribution in [0, 0.1) is 20.8 Å². The zero-order valence-corrected chi connectivity index (χ0v) is 11.5. The van der Waals surface area contributed by atoms with Crippen LogP contribution in [0.25, 0.3) is 5.65 Å². The molecule has 0 aliphatic rings. The lowest BCUT2D eigenvalue weighted by Crippen LogP contribution is -1.93. The maximum absolute atomic E-state index is 4.35. The Morgan fingerprint density at radius 3 is 1.75 bits per heavy atom. The predicted octanol–water partition coefficient (Wildman–Crippen LogP) is 3.71. The molecule has 2 aromatic heterocycles. The quantitative estimate of drug-likeness (QED) is 0.679. The van der Waals surface area contributed by atoms with E-state index in [1.807, 2.05) is 65.3 Å². The SMILES string of the molecule is CC.CC.Cc1cn2cc(C)nc2c(C)n1. The van der Waals surface area contributed by atoms with Crippen LogP contribution < -0.4 is 0 Å². The molecule has 3 heteroatoms. The first-order valence-electron chi connectivity index (χ1n) is 5.96. The smallest absolute Gasteiger partial charge is 0.158 e. The second-order valence-corrected chi connectivity index (χ2v) is 3.08. The van der Waals surface area contributed by atoms with Gasteiger partial charge >= 0.3 is 0 Å². The van der Waals surface area contributed by atoms with Crippen molar-refractivity contribution in [2.45, 2.75) is 48.5 Å². The highest BCUT2D eigenvalue weighted by Gasteiger charge is 2.01. The van der Waals surface area contributed by atoms with E-state index in [0.29, 0.717) is 0 Å². The van der Waals surface area contributed by atoms with E-state index in [4.69, 9.17) is 0 Å². The lowest BCUT2D eigenvalue weighted by Gasteiger charge is -1.98. The van der Waals surface area contributed by atoms with Gasteiger partial charge in [0.05, 0.1) is 17.1 Å². The van der Waals surface area contributed by atoms with Crippen LogP contribution in [0.5, 0.6) is 0 Å². The molecule has 0 aliphatic carbocycles. The van der Waals surface area contributed by atoms with Crippen molar-refractivity contribution in [2.24, 2.45) is 0 Å². The third-order valence-electron chi connectivity index (χ3n) is 1.85. The molecule has 0 atom stereocenters. The van der Waals surface area contributed by atoms with Crippen molar-refractivity contribution in [3.8, 4) is 0 Å². The molecule has 0 aromatic carbocycles. The molecule has 0 spiro atoms. The lowest BCUT2D eigenvalue weighted by molar-refractivity contribution is 1.03.